The minimum Gasteiger partial charge on any atom is -0.454 e. The average molecular weight is 594 g/mol. The third kappa shape index (κ3) is 7.82. The van der Waals surface area contributed by atoms with E-state index < -0.39 is 34.1 Å². The Balaban J connectivity index is 1.75. The zero-order chi connectivity index (χ0) is 30.5. The van der Waals surface area contributed by atoms with E-state index in [1.807, 2.05) is 82.3 Å². The second-order valence-corrected chi connectivity index (χ2v) is 13.6. The van der Waals surface area contributed by atoms with Crippen LogP contribution in [0, 0.1) is 6.92 Å². The number of sulfonamides is 1. The van der Waals surface area contributed by atoms with E-state index in [4.69, 9.17) is 9.47 Å². The third-order valence-corrected chi connectivity index (χ3v) is 8.61. The van der Waals surface area contributed by atoms with Crippen molar-refractivity contribution >= 4 is 27.5 Å². The van der Waals surface area contributed by atoms with Gasteiger partial charge in [0.05, 0.1) is 11.4 Å². The first-order valence-corrected chi connectivity index (χ1v) is 15.6. The quantitative estimate of drug-likeness (QED) is 0.353. The van der Waals surface area contributed by atoms with Crippen molar-refractivity contribution in [2.45, 2.75) is 59.2 Å². The van der Waals surface area contributed by atoms with Gasteiger partial charge in [0.1, 0.15) is 12.6 Å². The molecule has 3 aromatic carbocycles. The summed E-state index contributed by atoms with van der Waals surface area (Å²) in [5.74, 6) is -0.138. The van der Waals surface area contributed by atoms with Crippen LogP contribution in [0.15, 0.2) is 72.8 Å². The summed E-state index contributed by atoms with van der Waals surface area (Å²) in [6, 6.07) is 21.1. The number of hydrogen-bond acceptors (Lipinski definition) is 6. The van der Waals surface area contributed by atoms with Crippen LogP contribution in [0.4, 0.5) is 5.69 Å². The lowest BCUT2D eigenvalue weighted by Crippen LogP contribution is -2.56. The highest BCUT2D eigenvalue weighted by molar-refractivity contribution is 7.92. The fraction of sp³-hybridized carbons (Fsp3) is 0.375. The van der Waals surface area contributed by atoms with Crippen molar-refractivity contribution in [1.82, 2.24) is 10.2 Å². The molecule has 1 unspecified atom stereocenters. The Morgan fingerprint density at radius 1 is 0.929 bits per heavy atom. The van der Waals surface area contributed by atoms with Gasteiger partial charge in [0.25, 0.3) is 0 Å². The number of nitrogens with one attached hydrogen (secondary N) is 1. The van der Waals surface area contributed by atoms with E-state index in [2.05, 4.69) is 5.32 Å². The summed E-state index contributed by atoms with van der Waals surface area (Å²) in [6.45, 7) is 8.81. The maximum atomic E-state index is 14.3. The summed E-state index contributed by atoms with van der Waals surface area (Å²) < 4.78 is 38.6. The molecule has 1 atom stereocenters. The Labute approximate surface area is 248 Å². The first-order valence-electron chi connectivity index (χ1n) is 14.0. The lowest BCUT2D eigenvalue weighted by molar-refractivity contribution is -0.140. The number of hydrogen-bond donors (Lipinski definition) is 1. The number of carbonyl (C=O) groups excluding carboxylic acids is 2. The standard InChI is InChI=1S/C32H39N3O6S/c1-6-42(38,39)35(26-16-17-28-29(19-26)41-22-40-28)21-30(36)34(20-25-14-12-23(2)13-15-25)27(31(37)33-32(3,4)5)18-24-10-8-7-9-11-24/h7-17,19,27H,6,18,20-22H2,1-5H3,(H,33,37). The van der Waals surface area contributed by atoms with Crippen molar-refractivity contribution in [3.8, 4) is 11.5 Å². The molecule has 10 heteroatoms. The first kappa shape index (κ1) is 30.9. The monoisotopic (exact) mass is 593 g/mol. The summed E-state index contributed by atoms with van der Waals surface area (Å²) in [5, 5.41) is 3.03. The highest BCUT2D eigenvalue weighted by atomic mass is 32.2. The number of anilines is 1. The van der Waals surface area contributed by atoms with Crippen molar-refractivity contribution in [3.63, 3.8) is 0 Å². The molecule has 0 saturated carbocycles. The zero-order valence-corrected chi connectivity index (χ0v) is 25.6. The number of carbonyl (C=O) groups is 2. The topological polar surface area (TPSA) is 105 Å². The molecule has 0 spiro atoms. The normalized spacial score (nSPS) is 13.4. The van der Waals surface area contributed by atoms with Crippen molar-refractivity contribution in [2.75, 3.05) is 23.4 Å². The largest absolute Gasteiger partial charge is 0.454 e. The predicted octanol–water partition coefficient (Wildman–Crippen LogP) is 4.43. The van der Waals surface area contributed by atoms with Crippen LogP contribution < -0.4 is 19.1 Å². The van der Waals surface area contributed by atoms with Gasteiger partial charge < -0.3 is 19.7 Å². The Morgan fingerprint density at radius 3 is 2.24 bits per heavy atom. The minimum absolute atomic E-state index is 0.0344. The maximum absolute atomic E-state index is 14.3. The molecule has 0 aromatic heterocycles. The van der Waals surface area contributed by atoms with E-state index in [-0.39, 0.29) is 37.1 Å². The number of amides is 2. The molecule has 1 aliphatic heterocycles. The third-order valence-electron chi connectivity index (χ3n) is 6.87. The Kier molecular flexibility index (Phi) is 9.46. The summed E-state index contributed by atoms with van der Waals surface area (Å²) in [4.78, 5) is 29.6. The van der Waals surface area contributed by atoms with Crippen molar-refractivity contribution < 1.29 is 27.5 Å². The first-order chi connectivity index (χ1) is 19.9. The van der Waals surface area contributed by atoms with Crippen molar-refractivity contribution in [2.24, 2.45) is 0 Å². The van der Waals surface area contributed by atoms with E-state index in [9.17, 15) is 18.0 Å². The van der Waals surface area contributed by atoms with Gasteiger partial charge in [-0.2, -0.15) is 0 Å². The van der Waals surface area contributed by atoms with Gasteiger partial charge in [-0.25, -0.2) is 8.42 Å². The number of rotatable bonds is 11. The van der Waals surface area contributed by atoms with Gasteiger partial charge in [0.2, 0.25) is 28.6 Å². The average Bonchev–Trinajstić information content (AvgIpc) is 3.42. The number of fused-ring (bicyclic) bond motifs is 1. The highest BCUT2D eigenvalue weighted by Crippen LogP contribution is 2.36. The molecule has 1 heterocycles. The van der Waals surface area contributed by atoms with Crippen LogP contribution >= 0.6 is 0 Å². The van der Waals surface area contributed by atoms with Gasteiger partial charge in [-0.3, -0.25) is 13.9 Å². The molecule has 1 N–H and O–H groups in total. The van der Waals surface area contributed by atoms with Crippen LogP contribution in [0.5, 0.6) is 11.5 Å². The number of ether oxygens (including phenoxy) is 2. The van der Waals surface area contributed by atoms with E-state index in [0.717, 1.165) is 21.0 Å². The van der Waals surface area contributed by atoms with Crippen LogP contribution in [0.25, 0.3) is 0 Å². The highest BCUT2D eigenvalue weighted by Gasteiger charge is 2.35. The molecule has 0 fully saturated rings. The van der Waals surface area contributed by atoms with Crippen LogP contribution in [0.2, 0.25) is 0 Å². The lowest BCUT2D eigenvalue weighted by atomic mass is 10.0. The summed E-state index contributed by atoms with van der Waals surface area (Å²) >= 11 is 0. The summed E-state index contributed by atoms with van der Waals surface area (Å²) in [6.07, 6.45) is 0.255. The van der Waals surface area contributed by atoms with Crippen molar-refractivity contribution in [1.29, 1.82) is 0 Å². The van der Waals surface area contributed by atoms with E-state index in [1.165, 1.54) is 11.8 Å². The lowest BCUT2D eigenvalue weighted by Gasteiger charge is -2.35. The van der Waals surface area contributed by atoms with Crippen LogP contribution in [-0.4, -0.2) is 55.8 Å². The molecule has 9 nitrogen and oxygen atoms in total. The zero-order valence-electron chi connectivity index (χ0n) is 24.8. The van der Waals surface area contributed by atoms with Gasteiger partial charge >= 0.3 is 0 Å². The van der Waals surface area contributed by atoms with E-state index in [0.29, 0.717) is 11.5 Å². The predicted molar refractivity (Wildman–Crippen MR) is 163 cm³/mol. The molecule has 1 aliphatic rings. The molecular formula is C32H39N3O6S. The second kappa shape index (κ2) is 12.9. The molecule has 4 rings (SSSR count). The molecule has 2 amide bonds. The smallest absolute Gasteiger partial charge is 0.244 e. The SMILES string of the molecule is CCS(=O)(=O)N(CC(=O)N(Cc1ccc(C)cc1)C(Cc1ccccc1)C(=O)NC(C)(C)C)c1ccc2c(c1)OCO2. The second-order valence-electron chi connectivity index (χ2n) is 11.4. The molecule has 0 bridgehead atoms. The Hall–Kier alpha value is -4.05. The minimum atomic E-state index is -3.88. The number of benzene rings is 3. The molecule has 3 aromatic rings. The Morgan fingerprint density at radius 2 is 1.60 bits per heavy atom. The van der Waals surface area contributed by atoms with Crippen molar-refractivity contribution in [3.05, 3.63) is 89.5 Å². The van der Waals surface area contributed by atoms with Gasteiger partial charge in [-0.05, 0) is 57.9 Å². The van der Waals surface area contributed by atoms with Gasteiger partial charge in [-0.1, -0.05) is 60.2 Å². The fourth-order valence-electron chi connectivity index (χ4n) is 4.66. The molecule has 0 radical (unpaired) electrons. The molecule has 224 valence electrons. The number of aryl methyl sites for hydroxylation is 1. The molecule has 42 heavy (non-hydrogen) atoms. The molecular weight excluding hydrogens is 554 g/mol. The van der Waals surface area contributed by atoms with Crippen LogP contribution in [-0.2, 0) is 32.6 Å². The van der Waals surface area contributed by atoms with Gasteiger partial charge in [0, 0.05) is 24.6 Å². The van der Waals surface area contributed by atoms with E-state index in [1.54, 1.807) is 18.2 Å². The molecule has 0 saturated heterocycles. The summed E-state index contributed by atoms with van der Waals surface area (Å²) in [7, 11) is -3.88. The van der Waals surface area contributed by atoms with Crippen LogP contribution in [0.3, 0.4) is 0 Å². The van der Waals surface area contributed by atoms with Crippen LogP contribution in [0.1, 0.15) is 44.4 Å². The Bertz CT molecular complexity index is 1500. The van der Waals surface area contributed by atoms with Gasteiger partial charge in [0.15, 0.2) is 11.5 Å². The fourth-order valence-corrected chi connectivity index (χ4v) is 5.71. The number of nitrogens with zero attached hydrogens (tertiary/aromatic N) is 2. The molecule has 0 aliphatic carbocycles. The van der Waals surface area contributed by atoms with E-state index >= 15 is 0 Å². The summed E-state index contributed by atoms with van der Waals surface area (Å²) in [5.41, 5.74) is 2.49. The van der Waals surface area contributed by atoms with Gasteiger partial charge in [-0.15, -0.1) is 0 Å². The maximum Gasteiger partial charge on any atom is 0.244 e.